The Bertz CT molecular complexity index is 1200. The molecule has 3 N–H and O–H groups in total. The van der Waals surface area contributed by atoms with Crippen LogP contribution in [0.2, 0.25) is 0 Å². The first kappa shape index (κ1) is 22.8. The molecule has 1 aliphatic heterocycles. The number of rotatable bonds is 5. The average molecular weight is 486 g/mol. The molecular formula is C24H28FN5O3S. The molecular weight excluding hydrogens is 457 g/mol. The summed E-state index contributed by atoms with van der Waals surface area (Å²) in [6.45, 7) is 7.75. The second-order valence-electron chi connectivity index (χ2n) is 9.81. The Labute approximate surface area is 201 Å². The number of fused-ring (bicyclic) bond motifs is 2. The van der Waals surface area contributed by atoms with Gasteiger partial charge >= 0.3 is 6.03 Å². The third-order valence-electron chi connectivity index (χ3n) is 6.58. The van der Waals surface area contributed by atoms with Crippen molar-refractivity contribution in [3.63, 3.8) is 0 Å². The van der Waals surface area contributed by atoms with Gasteiger partial charge in [-0.25, -0.2) is 14.2 Å². The highest BCUT2D eigenvalue weighted by atomic mass is 32.1. The van der Waals surface area contributed by atoms with Gasteiger partial charge in [-0.05, 0) is 63.3 Å². The number of nitrogens with zero attached hydrogens (tertiary/aromatic N) is 3. The third-order valence-corrected chi connectivity index (χ3v) is 7.76. The number of hydrogen-bond acceptors (Lipinski definition) is 7. The van der Waals surface area contributed by atoms with Crippen LogP contribution in [-0.2, 0) is 6.42 Å². The molecule has 3 heterocycles. The molecule has 0 bridgehead atoms. The van der Waals surface area contributed by atoms with Crippen LogP contribution in [0, 0.1) is 17.7 Å². The van der Waals surface area contributed by atoms with Gasteiger partial charge in [-0.3, -0.25) is 5.32 Å². The van der Waals surface area contributed by atoms with Crippen molar-refractivity contribution in [1.29, 1.82) is 0 Å². The monoisotopic (exact) mass is 485 g/mol. The Kier molecular flexibility index (Phi) is 5.60. The first-order valence-electron chi connectivity index (χ1n) is 11.4. The van der Waals surface area contributed by atoms with E-state index < -0.39 is 11.6 Å². The van der Waals surface area contributed by atoms with Gasteiger partial charge in [-0.1, -0.05) is 23.4 Å². The summed E-state index contributed by atoms with van der Waals surface area (Å²) in [6.07, 6.45) is 0.841. The summed E-state index contributed by atoms with van der Waals surface area (Å²) in [6, 6.07) is 7.99. The molecule has 34 heavy (non-hydrogen) atoms. The van der Waals surface area contributed by atoms with Crippen molar-refractivity contribution in [3.05, 3.63) is 46.7 Å². The largest absolute Gasteiger partial charge is 0.389 e. The fraction of sp³-hybridized carbons (Fsp3) is 0.458. The minimum atomic E-state index is -0.992. The van der Waals surface area contributed by atoms with Gasteiger partial charge in [-0.15, -0.1) is 0 Å². The summed E-state index contributed by atoms with van der Waals surface area (Å²) in [5.74, 6) is 1.95. The molecule has 0 spiro atoms. The summed E-state index contributed by atoms with van der Waals surface area (Å²) in [7, 11) is 0. The lowest BCUT2D eigenvalue weighted by Crippen LogP contribution is -2.40. The van der Waals surface area contributed by atoms with Crippen LogP contribution in [0.4, 0.5) is 20.1 Å². The fourth-order valence-corrected chi connectivity index (χ4v) is 5.75. The number of anilines is 2. The molecule has 0 saturated heterocycles. The molecule has 2 aliphatic rings. The van der Waals surface area contributed by atoms with Gasteiger partial charge in [0.15, 0.2) is 16.7 Å². The number of carbonyl (C=O) groups excluding carboxylic acids is 1. The van der Waals surface area contributed by atoms with Crippen LogP contribution in [0.5, 0.6) is 0 Å². The molecule has 2 aromatic heterocycles. The zero-order chi connectivity index (χ0) is 24.2. The highest BCUT2D eigenvalue weighted by Gasteiger charge is 2.55. The Morgan fingerprint density at radius 2 is 2.06 bits per heavy atom. The fourth-order valence-electron chi connectivity index (χ4n) is 4.71. The molecule has 1 saturated carbocycles. The molecule has 4 unspecified atom stereocenters. The topological polar surface area (TPSA) is 104 Å². The number of thiazole rings is 1. The Balaban J connectivity index is 1.38. The van der Waals surface area contributed by atoms with Crippen LogP contribution in [0.3, 0.4) is 0 Å². The molecule has 1 aromatic carbocycles. The minimum absolute atomic E-state index is 0.00592. The Hall–Kier alpha value is -2.98. The number of aromatic nitrogens is 2. The minimum Gasteiger partial charge on any atom is -0.389 e. The van der Waals surface area contributed by atoms with E-state index in [2.05, 4.69) is 34.5 Å². The number of urea groups is 1. The molecule has 180 valence electrons. The highest BCUT2D eigenvalue weighted by molar-refractivity contribution is 7.16. The van der Waals surface area contributed by atoms with Crippen LogP contribution in [0.25, 0.3) is 11.3 Å². The van der Waals surface area contributed by atoms with Gasteiger partial charge in [0.1, 0.15) is 5.82 Å². The van der Waals surface area contributed by atoms with Crippen LogP contribution in [-0.4, -0.2) is 39.5 Å². The molecule has 0 radical (unpaired) electrons. The van der Waals surface area contributed by atoms with Crippen molar-refractivity contribution in [2.45, 2.75) is 51.8 Å². The smallest absolute Gasteiger partial charge is 0.321 e. The molecule has 5 rings (SSSR count). The maximum atomic E-state index is 13.3. The first-order valence-corrected chi connectivity index (χ1v) is 12.2. The quantitative estimate of drug-likeness (QED) is 0.489. The van der Waals surface area contributed by atoms with E-state index >= 15 is 0 Å². The summed E-state index contributed by atoms with van der Waals surface area (Å²) >= 11 is 1.46. The Morgan fingerprint density at radius 3 is 2.76 bits per heavy atom. The van der Waals surface area contributed by atoms with E-state index in [1.165, 1.54) is 23.5 Å². The van der Waals surface area contributed by atoms with Crippen molar-refractivity contribution in [3.8, 4) is 11.3 Å². The van der Waals surface area contributed by atoms with Crippen LogP contribution in [0.15, 0.2) is 34.9 Å². The standard InChI is InChI=1S/C24H28FN5O3S/c1-12-16-9-17-21(34-23(27-17)28-22(31)26-11-24(3,4)32)13(2)30(20(12)16)19-10-18(33-29-19)14-5-7-15(25)8-6-14/h5-8,10,12-13,16,20,32H,9,11H2,1-4H3,(H2,26,27,28,31). The van der Waals surface area contributed by atoms with Gasteiger partial charge in [0.2, 0.25) is 0 Å². The first-order chi connectivity index (χ1) is 16.1. The predicted octanol–water partition coefficient (Wildman–Crippen LogP) is 4.59. The van der Waals surface area contributed by atoms with E-state index in [0.29, 0.717) is 28.8 Å². The molecule has 1 fully saturated rings. The zero-order valence-electron chi connectivity index (χ0n) is 19.5. The summed E-state index contributed by atoms with van der Waals surface area (Å²) in [5.41, 5.74) is 0.776. The van der Waals surface area contributed by atoms with E-state index in [4.69, 9.17) is 9.51 Å². The lowest BCUT2D eigenvalue weighted by molar-refractivity contribution is 0.0826. The number of nitrogens with one attached hydrogen (secondary N) is 2. The van der Waals surface area contributed by atoms with Crippen molar-refractivity contribution < 1.29 is 18.8 Å². The Morgan fingerprint density at radius 1 is 1.32 bits per heavy atom. The second-order valence-corrected chi connectivity index (χ2v) is 10.8. The van der Waals surface area contributed by atoms with Gasteiger partial charge in [0, 0.05) is 24.2 Å². The lowest BCUT2D eigenvalue weighted by atomic mass is 10.1. The molecule has 10 heteroatoms. The SMILES string of the molecule is CC1C2Cc3nc(NC(=O)NCC(C)(C)O)sc3C(C)N(c3cc(-c4ccc(F)cc4)on3)C12. The maximum Gasteiger partial charge on any atom is 0.321 e. The van der Waals surface area contributed by atoms with E-state index in [1.807, 2.05) is 6.07 Å². The van der Waals surface area contributed by atoms with Crippen molar-refractivity contribution in [1.82, 2.24) is 15.5 Å². The maximum absolute atomic E-state index is 13.3. The zero-order valence-corrected chi connectivity index (χ0v) is 20.3. The van der Waals surface area contributed by atoms with Gasteiger partial charge in [-0.2, -0.15) is 0 Å². The van der Waals surface area contributed by atoms with Crippen molar-refractivity contribution in [2.75, 3.05) is 16.8 Å². The number of aliphatic hydroxyl groups is 1. The van der Waals surface area contributed by atoms with E-state index in [9.17, 15) is 14.3 Å². The lowest BCUT2D eigenvalue weighted by Gasteiger charge is -2.28. The summed E-state index contributed by atoms with van der Waals surface area (Å²) in [4.78, 5) is 20.4. The highest BCUT2D eigenvalue weighted by Crippen LogP contribution is 2.54. The number of carbonyl (C=O) groups is 1. The van der Waals surface area contributed by atoms with E-state index in [1.54, 1.807) is 26.0 Å². The normalized spacial score (nSPS) is 23.6. The molecule has 8 nitrogen and oxygen atoms in total. The van der Waals surface area contributed by atoms with Crippen LogP contribution < -0.4 is 15.5 Å². The van der Waals surface area contributed by atoms with Crippen molar-refractivity contribution in [2.24, 2.45) is 11.8 Å². The van der Waals surface area contributed by atoms with Gasteiger partial charge < -0.3 is 19.8 Å². The predicted molar refractivity (Wildman–Crippen MR) is 128 cm³/mol. The van der Waals surface area contributed by atoms with Gasteiger partial charge in [0.05, 0.1) is 22.2 Å². The number of benzene rings is 1. The third kappa shape index (κ3) is 4.39. The molecule has 1 aliphatic carbocycles. The molecule has 4 atom stereocenters. The van der Waals surface area contributed by atoms with E-state index in [-0.39, 0.29) is 18.4 Å². The van der Waals surface area contributed by atoms with Gasteiger partial charge in [0.25, 0.3) is 0 Å². The summed E-state index contributed by atoms with van der Waals surface area (Å²) < 4.78 is 18.9. The summed E-state index contributed by atoms with van der Waals surface area (Å²) in [5, 5.41) is 20.2. The number of amides is 2. The molecule has 2 amide bonds. The molecule has 3 aromatic rings. The average Bonchev–Trinajstić information content (AvgIpc) is 3.11. The second kappa shape index (κ2) is 8.35. The van der Waals surface area contributed by atoms with Crippen LogP contribution >= 0.6 is 11.3 Å². The van der Waals surface area contributed by atoms with E-state index in [0.717, 1.165) is 28.4 Å². The number of hydrogen-bond donors (Lipinski definition) is 3. The number of halogens is 1. The van der Waals surface area contributed by atoms with Crippen LogP contribution in [0.1, 0.15) is 44.3 Å². The van der Waals surface area contributed by atoms with Crippen molar-refractivity contribution >= 4 is 28.3 Å².